The molecule has 1 atom stereocenters. The topological polar surface area (TPSA) is 61.4 Å². The predicted molar refractivity (Wildman–Crippen MR) is 76.9 cm³/mol. The molecule has 0 bridgehead atoms. The van der Waals surface area contributed by atoms with Crippen molar-refractivity contribution >= 4 is 6.03 Å². The third-order valence-electron chi connectivity index (χ3n) is 2.93. The third-order valence-corrected chi connectivity index (χ3v) is 2.93. The van der Waals surface area contributed by atoms with Crippen molar-refractivity contribution in [3.63, 3.8) is 0 Å². The molecule has 0 aliphatic carbocycles. The van der Waals surface area contributed by atoms with E-state index in [1.165, 1.54) is 0 Å². The number of nitrogens with one attached hydrogen (secondary N) is 2. The van der Waals surface area contributed by atoms with Crippen LogP contribution in [0, 0.1) is 5.92 Å². The standard InChI is InChI=1S/C15H24N2O2/c1-12(2)7-6-10-16-15(19)17-14(11-18)13-8-4-3-5-9-13/h3-5,8-9,12,14,18H,6-7,10-11H2,1-2H3,(H2,16,17,19)/t14-/m1/s1. The largest absolute Gasteiger partial charge is 0.394 e. The Morgan fingerprint density at radius 3 is 2.53 bits per heavy atom. The summed E-state index contributed by atoms with van der Waals surface area (Å²) in [6, 6.07) is 8.88. The molecule has 0 unspecified atom stereocenters. The molecule has 0 aromatic heterocycles. The summed E-state index contributed by atoms with van der Waals surface area (Å²) in [6.45, 7) is 4.88. The fourth-order valence-corrected chi connectivity index (χ4v) is 1.84. The second kappa shape index (κ2) is 8.53. The van der Waals surface area contributed by atoms with Gasteiger partial charge < -0.3 is 15.7 Å². The maximum Gasteiger partial charge on any atom is 0.315 e. The molecule has 106 valence electrons. The van der Waals surface area contributed by atoms with Gasteiger partial charge in [-0.3, -0.25) is 0 Å². The smallest absolute Gasteiger partial charge is 0.315 e. The summed E-state index contributed by atoms with van der Waals surface area (Å²) >= 11 is 0. The first-order valence-corrected chi connectivity index (χ1v) is 6.83. The Hall–Kier alpha value is -1.55. The average Bonchev–Trinajstić information content (AvgIpc) is 2.41. The highest BCUT2D eigenvalue weighted by Crippen LogP contribution is 2.11. The van der Waals surface area contributed by atoms with Gasteiger partial charge in [-0.25, -0.2) is 4.79 Å². The van der Waals surface area contributed by atoms with Crippen molar-refractivity contribution in [1.82, 2.24) is 10.6 Å². The maximum atomic E-state index is 11.7. The lowest BCUT2D eigenvalue weighted by Gasteiger charge is -2.17. The SMILES string of the molecule is CC(C)CCCNC(=O)N[C@H](CO)c1ccccc1. The van der Waals surface area contributed by atoms with E-state index in [4.69, 9.17) is 0 Å². The van der Waals surface area contributed by atoms with Crippen molar-refractivity contribution in [2.75, 3.05) is 13.2 Å². The molecule has 0 heterocycles. The van der Waals surface area contributed by atoms with Gasteiger partial charge in [0.05, 0.1) is 12.6 Å². The summed E-state index contributed by atoms with van der Waals surface area (Å²) in [7, 11) is 0. The van der Waals surface area contributed by atoms with E-state index in [0.717, 1.165) is 18.4 Å². The lowest BCUT2D eigenvalue weighted by atomic mass is 10.1. The first-order valence-electron chi connectivity index (χ1n) is 6.83. The molecule has 2 amide bonds. The molecule has 0 spiro atoms. The molecule has 0 saturated heterocycles. The molecule has 0 saturated carbocycles. The lowest BCUT2D eigenvalue weighted by Crippen LogP contribution is -2.39. The van der Waals surface area contributed by atoms with Gasteiger partial charge in [0, 0.05) is 6.54 Å². The summed E-state index contributed by atoms with van der Waals surface area (Å²) in [5.41, 5.74) is 0.905. The Balaban J connectivity index is 2.33. The van der Waals surface area contributed by atoms with Gasteiger partial charge >= 0.3 is 6.03 Å². The zero-order valence-electron chi connectivity index (χ0n) is 11.7. The molecule has 0 fully saturated rings. The third kappa shape index (κ3) is 6.25. The summed E-state index contributed by atoms with van der Waals surface area (Å²) in [5, 5.41) is 14.9. The van der Waals surface area contributed by atoms with Crippen LogP contribution in [0.2, 0.25) is 0 Å². The first-order chi connectivity index (χ1) is 9.13. The average molecular weight is 264 g/mol. The second-order valence-corrected chi connectivity index (χ2v) is 5.08. The van der Waals surface area contributed by atoms with Gasteiger partial charge in [0.25, 0.3) is 0 Å². The van der Waals surface area contributed by atoms with E-state index in [9.17, 15) is 9.90 Å². The Kier molecular flexibility index (Phi) is 6.97. The van der Waals surface area contributed by atoms with E-state index in [2.05, 4.69) is 24.5 Å². The van der Waals surface area contributed by atoms with E-state index in [0.29, 0.717) is 12.5 Å². The van der Waals surface area contributed by atoms with Gasteiger partial charge in [-0.15, -0.1) is 0 Å². The molecule has 0 radical (unpaired) electrons. The summed E-state index contributed by atoms with van der Waals surface area (Å²) in [6.07, 6.45) is 2.07. The molecule has 4 nitrogen and oxygen atoms in total. The summed E-state index contributed by atoms with van der Waals surface area (Å²) in [4.78, 5) is 11.7. The van der Waals surface area contributed by atoms with Crippen LogP contribution in [0.15, 0.2) is 30.3 Å². The normalized spacial score (nSPS) is 12.2. The number of rotatable bonds is 7. The molecule has 19 heavy (non-hydrogen) atoms. The molecular formula is C15H24N2O2. The second-order valence-electron chi connectivity index (χ2n) is 5.08. The van der Waals surface area contributed by atoms with Gasteiger partial charge in [-0.1, -0.05) is 44.2 Å². The number of amides is 2. The fourth-order valence-electron chi connectivity index (χ4n) is 1.84. The minimum atomic E-state index is -0.355. The molecule has 1 aromatic carbocycles. The number of urea groups is 1. The van der Waals surface area contributed by atoms with E-state index in [-0.39, 0.29) is 18.7 Å². The van der Waals surface area contributed by atoms with Crippen LogP contribution in [0.1, 0.15) is 38.3 Å². The van der Waals surface area contributed by atoms with Crippen molar-refractivity contribution in [2.24, 2.45) is 5.92 Å². The highest BCUT2D eigenvalue weighted by atomic mass is 16.3. The number of hydrogen-bond donors (Lipinski definition) is 3. The van der Waals surface area contributed by atoms with Crippen LogP contribution >= 0.6 is 0 Å². The maximum absolute atomic E-state index is 11.7. The Morgan fingerprint density at radius 2 is 1.95 bits per heavy atom. The number of aliphatic hydroxyl groups excluding tert-OH is 1. The predicted octanol–water partition coefficient (Wildman–Crippen LogP) is 2.46. The first kappa shape index (κ1) is 15.5. The van der Waals surface area contributed by atoms with Crippen molar-refractivity contribution in [2.45, 2.75) is 32.7 Å². The van der Waals surface area contributed by atoms with Crippen LogP contribution in [-0.2, 0) is 0 Å². The van der Waals surface area contributed by atoms with E-state index in [1.54, 1.807) is 0 Å². The van der Waals surface area contributed by atoms with E-state index >= 15 is 0 Å². The van der Waals surface area contributed by atoms with Crippen molar-refractivity contribution in [1.29, 1.82) is 0 Å². The van der Waals surface area contributed by atoms with Gasteiger partial charge in [0.1, 0.15) is 0 Å². The Morgan fingerprint density at radius 1 is 1.26 bits per heavy atom. The minimum absolute atomic E-state index is 0.108. The molecule has 1 aromatic rings. The van der Waals surface area contributed by atoms with Gasteiger partial charge in [-0.05, 0) is 24.3 Å². The van der Waals surface area contributed by atoms with Crippen LogP contribution in [0.5, 0.6) is 0 Å². The van der Waals surface area contributed by atoms with Crippen LogP contribution in [-0.4, -0.2) is 24.3 Å². The molecule has 0 aliphatic rings. The molecule has 4 heteroatoms. The lowest BCUT2D eigenvalue weighted by molar-refractivity contribution is 0.216. The van der Waals surface area contributed by atoms with Crippen LogP contribution < -0.4 is 10.6 Å². The van der Waals surface area contributed by atoms with Crippen LogP contribution in [0.3, 0.4) is 0 Å². The zero-order chi connectivity index (χ0) is 14.1. The molecule has 3 N–H and O–H groups in total. The summed E-state index contributed by atoms with van der Waals surface area (Å²) in [5.74, 6) is 0.652. The van der Waals surface area contributed by atoms with Crippen molar-refractivity contribution < 1.29 is 9.90 Å². The molecular weight excluding hydrogens is 240 g/mol. The monoisotopic (exact) mass is 264 g/mol. The van der Waals surface area contributed by atoms with Crippen molar-refractivity contribution in [3.8, 4) is 0 Å². The number of carbonyl (C=O) groups is 1. The summed E-state index contributed by atoms with van der Waals surface area (Å²) < 4.78 is 0. The van der Waals surface area contributed by atoms with E-state index < -0.39 is 0 Å². The number of benzene rings is 1. The van der Waals surface area contributed by atoms with Crippen LogP contribution in [0.25, 0.3) is 0 Å². The highest BCUT2D eigenvalue weighted by molar-refractivity contribution is 5.74. The Labute approximate surface area is 115 Å². The van der Waals surface area contributed by atoms with Gasteiger partial charge in [0.2, 0.25) is 0 Å². The molecule has 1 rings (SSSR count). The minimum Gasteiger partial charge on any atom is -0.394 e. The highest BCUT2D eigenvalue weighted by Gasteiger charge is 2.12. The van der Waals surface area contributed by atoms with Crippen LogP contribution in [0.4, 0.5) is 4.79 Å². The number of carbonyl (C=O) groups excluding carboxylic acids is 1. The Bertz CT molecular complexity index is 366. The number of hydrogen-bond acceptors (Lipinski definition) is 2. The molecule has 0 aliphatic heterocycles. The fraction of sp³-hybridized carbons (Fsp3) is 0.533. The zero-order valence-corrected chi connectivity index (χ0v) is 11.7. The van der Waals surface area contributed by atoms with Gasteiger partial charge in [-0.2, -0.15) is 0 Å². The quantitative estimate of drug-likeness (QED) is 0.662. The van der Waals surface area contributed by atoms with Gasteiger partial charge in [0.15, 0.2) is 0 Å². The van der Waals surface area contributed by atoms with Crippen molar-refractivity contribution in [3.05, 3.63) is 35.9 Å². The van der Waals surface area contributed by atoms with E-state index in [1.807, 2.05) is 30.3 Å². The number of aliphatic hydroxyl groups is 1.